The molecule has 0 aliphatic heterocycles. The number of alkyl halides is 1. The number of rotatable bonds is 17. The zero-order valence-electron chi connectivity index (χ0n) is 14.4. The van der Waals surface area contributed by atoms with Gasteiger partial charge in [0.2, 0.25) is 0 Å². The fourth-order valence-corrected chi connectivity index (χ4v) is 2.61. The second kappa shape index (κ2) is 19.0. The highest BCUT2D eigenvalue weighted by molar-refractivity contribution is 9.09. The van der Waals surface area contributed by atoms with Gasteiger partial charge < -0.3 is 9.47 Å². The highest BCUT2D eigenvalue weighted by Crippen LogP contribution is 2.07. The molecule has 0 heterocycles. The number of carbonyl (C=O) groups excluding carboxylic acids is 1. The molecule has 0 saturated heterocycles. The molecule has 0 spiro atoms. The number of hydrogen-bond donors (Lipinski definition) is 0. The van der Waals surface area contributed by atoms with E-state index in [9.17, 15) is 4.79 Å². The minimum atomic E-state index is -0.0751. The van der Waals surface area contributed by atoms with Crippen LogP contribution < -0.4 is 0 Å². The summed E-state index contributed by atoms with van der Waals surface area (Å²) in [6.07, 6.45) is 13.4. The Morgan fingerprint density at radius 2 is 1.36 bits per heavy atom. The van der Waals surface area contributed by atoms with Crippen molar-refractivity contribution >= 4 is 21.9 Å². The van der Waals surface area contributed by atoms with Gasteiger partial charge >= 0.3 is 5.97 Å². The minimum absolute atomic E-state index is 0.0751. The van der Waals surface area contributed by atoms with Crippen molar-refractivity contribution in [2.75, 3.05) is 25.2 Å². The second-order valence-corrected chi connectivity index (χ2v) is 6.60. The van der Waals surface area contributed by atoms with Crippen LogP contribution in [0, 0.1) is 0 Å². The van der Waals surface area contributed by atoms with Crippen LogP contribution in [0.4, 0.5) is 0 Å². The van der Waals surface area contributed by atoms with Crippen molar-refractivity contribution in [2.45, 2.75) is 84.0 Å². The van der Waals surface area contributed by atoms with Gasteiger partial charge in [0.25, 0.3) is 0 Å². The van der Waals surface area contributed by atoms with Gasteiger partial charge in [0.05, 0.1) is 6.61 Å². The molecule has 4 heteroatoms. The van der Waals surface area contributed by atoms with E-state index in [0.29, 0.717) is 19.6 Å². The number of halogens is 1. The third kappa shape index (κ3) is 18.0. The third-order valence-electron chi connectivity index (χ3n) is 3.60. The monoisotopic (exact) mass is 378 g/mol. The number of unbranched alkanes of at least 4 members (excludes halogenated alkanes) is 8. The Labute approximate surface area is 145 Å². The van der Waals surface area contributed by atoms with Gasteiger partial charge in [0, 0.05) is 25.0 Å². The number of hydrogen-bond acceptors (Lipinski definition) is 3. The molecule has 0 aromatic carbocycles. The Bertz CT molecular complexity index is 212. The van der Waals surface area contributed by atoms with Gasteiger partial charge in [-0.15, -0.1) is 0 Å². The van der Waals surface area contributed by atoms with Gasteiger partial charge in [0.1, 0.15) is 0 Å². The van der Waals surface area contributed by atoms with Crippen LogP contribution in [0.1, 0.15) is 84.0 Å². The quantitative estimate of drug-likeness (QED) is 0.186. The molecular formula is C18H35BrO3. The summed E-state index contributed by atoms with van der Waals surface area (Å²) in [5.41, 5.74) is 0. The molecule has 0 amide bonds. The topological polar surface area (TPSA) is 35.5 Å². The Morgan fingerprint density at radius 1 is 0.773 bits per heavy atom. The van der Waals surface area contributed by atoms with Crippen LogP contribution in [0.25, 0.3) is 0 Å². The molecule has 0 bridgehead atoms. The largest absolute Gasteiger partial charge is 0.466 e. The zero-order valence-corrected chi connectivity index (χ0v) is 16.0. The predicted octanol–water partition coefficient (Wildman–Crippen LogP) is 5.64. The van der Waals surface area contributed by atoms with Crippen LogP contribution in [0.15, 0.2) is 0 Å². The van der Waals surface area contributed by atoms with E-state index in [-0.39, 0.29) is 5.97 Å². The molecule has 3 nitrogen and oxygen atoms in total. The first-order chi connectivity index (χ1) is 10.8. The van der Waals surface area contributed by atoms with Crippen molar-refractivity contribution in [1.82, 2.24) is 0 Å². The summed E-state index contributed by atoms with van der Waals surface area (Å²) >= 11 is 3.44. The van der Waals surface area contributed by atoms with E-state index in [4.69, 9.17) is 9.47 Å². The molecule has 0 saturated carbocycles. The predicted molar refractivity (Wildman–Crippen MR) is 96.7 cm³/mol. The van der Waals surface area contributed by atoms with E-state index in [0.717, 1.165) is 37.6 Å². The SMILES string of the molecule is CCCCCCOCCCC(=O)OCCCCCCCCBr. The van der Waals surface area contributed by atoms with Gasteiger partial charge in [-0.2, -0.15) is 0 Å². The lowest BCUT2D eigenvalue weighted by molar-refractivity contribution is -0.144. The summed E-state index contributed by atoms with van der Waals surface area (Å²) < 4.78 is 10.7. The third-order valence-corrected chi connectivity index (χ3v) is 4.16. The van der Waals surface area contributed by atoms with E-state index in [1.807, 2.05) is 0 Å². The van der Waals surface area contributed by atoms with Crippen LogP contribution in [0.3, 0.4) is 0 Å². The normalized spacial score (nSPS) is 10.8. The van der Waals surface area contributed by atoms with Crippen molar-refractivity contribution in [3.05, 3.63) is 0 Å². The lowest BCUT2D eigenvalue weighted by Gasteiger charge is -2.06. The summed E-state index contributed by atoms with van der Waals surface area (Å²) in [7, 11) is 0. The van der Waals surface area contributed by atoms with Gasteiger partial charge in [-0.25, -0.2) is 0 Å². The Kier molecular flexibility index (Phi) is 18.9. The highest BCUT2D eigenvalue weighted by atomic mass is 79.9. The summed E-state index contributed by atoms with van der Waals surface area (Å²) in [6.45, 7) is 4.28. The maximum Gasteiger partial charge on any atom is 0.305 e. The van der Waals surface area contributed by atoms with E-state index in [1.165, 1.54) is 44.9 Å². The van der Waals surface area contributed by atoms with Crippen molar-refractivity contribution in [3.63, 3.8) is 0 Å². The molecule has 0 aliphatic rings. The summed E-state index contributed by atoms with van der Waals surface area (Å²) in [4.78, 5) is 11.5. The molecule has 0 atom stereocenters. The Hall–Kier alpha value is -0.0900. The minimum Gasteiger partial charge on any atom is -0.466 e. The van der Waals surface area contributed by atoms with Crippen molar-refractivity contribution < 1.29 is 14.3 Å². The van der Waals surface area contributed by atoms with Crippen LogP contribution >= 0.6 is 15.9 Å². The average molecular weight is 379 g/mol. The number of carbonyl (C=O) groups is 1. The molecular weight excluding hydrogens is 344 g/mol. The first-order valence-corrected chi connectivity index (χ1v) is 10.2. The van der Waals surface area contributed by atoms with E-state index in [2.05, 4.69) is 22.9 Å². The average Bonchev–Trinajstić information content (AvgIpc) is 2.52. The first-order valence-electron chi connectivity index (χ1n) is 9.10. The molecule has 0 aromatic heterocycles. The molecule has 0 rings (SSSR count). The van der Waals surface area contributed by atoms with Crippen LogP contribution in [-0.2, 0) is 14.3 Å². The lowest BCUT2D eigenvalue weighted by Crippen LogP contribution is -2.07. The first kappa shape index (κ1) is 21.9. The van der Waals surface area contributed by atoms with Gasteiger partial charge in [-0.05, 0) is 25.7 Å². The van der Waals surface area contributed by atoms with E-state index >= 15 is 0 Å². The molecule has 0 N–H and O–H groups in total. The molecule has 0 radical (unpaired) electrons. The Balaban J connectivity index is 3.13. The lowest BCUT2D eigenvalue weighted by atomic mass is 10.1. The van der Waals surface area contributed by atoms with Gasteiger partial charge in [-0.1, -0.05) is 67.8 Å². The van der Waals surface area contributed by atoms with Crippen molar-refractivity contribution in [3.8, 4) is 0 Å². The fourth-order valence-electron chi connectivity index (χ4n) is 2.21. The maximum absolute atomic E-state index is 11.5. The number of esters is 1. The fraction of sp³-hybridized carbons (Fsp3) is 0.944. The van der Waals surface area contributed by atoms with Crippen LogP contribution in [-0.4, -0.2) is 31.1 Å². The maximum atomic E-state index is 11.5. The van der Waals surface area contributed by atoms with Gasteiger partial charge in [-0.3, -0.25) is 4.79 Å². The molecule has 0 unspecified atom stereocenters. The molecule has 132 valence electrons. The molecule has 0 aliphatic carbocycles. The van der Waals surface area contributed by atoms with Crippen molar-refractivity contribution in [2.24, 2.45) is 0 Å². The zero-order chi connectivity index (χ0) is 16.3. The number of ether oxygens (including phenoxy) is 2. The standard InChI is InChI=1S/C18H35BrO3/c1-2-3-4-10-15-21-16-12-13-18(20)22-17-11-8-6-5-7-9-14-19/h2-17H2,1H3. The molecule has 0 aromatic rings. The molecule has 0 fully saturated rings. The molecule has 22 heavy (non-hydrogen) atoms. The smallest absolute Gasteiger partial charge is 0.305 e. The van der Waals surface area contributed by atoms with E-state index in [1.54, 1.807) is 0 Å². The summed E-state index contributed by atoms with van der Waals surface area (Å²) in [6, 6.07) is 0. The van der Waals surface area contributed by atoms with E-state index < -0.39 is 0 Å². The van der Waals surface area contributed by atoms with Crippen LogP contribution in [0.5, 0.6) is 0 Å². The highest BCUT2D eigenvalue weighted by Gasteiger charge is 2.02. The van der Waals surface area contributed by atoms with Gasteiger partial charge in [0.15, 0.2) is 0 Å². The summed E-state index contributed by atoms with van der Waals surface area (Å²) in [5, 5.41) is 1.10. The Morgan fingerprint density at radius 3 is 2.09 bits per heavy atom. The van der Waals surface area contributed by atoms with Crippen LogP contribution in [0.2, 0.25) is 0 Å². The summed E-state index contributed by atoms with van der Waals surface area (Å²) in [5.74, 6) is -0.0751. The van der Waals surface area contributed by atoms with Crippen molar-refractivity contribution in [1.29, 1.82) is 0 Å². The second-order valence-electron chi connectivity index (χ2n) is 5.81.